The van der Waals surface area contributed by atoms with Crippen LogP contribution in [-0.4, -0.2) is 17.0 Å². The minimum Gasteiger partial charge on any atom is -0.478 e. The number of carboxylic acids is 1. The Morgan fingerprint density at radius 2 is 1.84 bits per heavy atom. The first kappa shape index (κ1) is 13.8. The van der Waals surface area contributed by atoms with Crippen molar-refractivity contribution in [3.63, 3.8) is 0 Å². The van der Waals surface area contributed by atoms with Gasteiger partial charge in [0.15, 0.2) is 0 Å². The van der Waals surface area contributed by atoms with Gasteiger partial charge in [-0.2, -0.15) is 0 Å². The van der Waals surface area contributed by atoms with Crippen LogP contribution in [0.25, 0.3) is 0 Å². The molecule has 1 aromatic rings. The maximum absolute atomic E-state index is 11.6. The molecule has 0 aromatic heterocycles. The van der Waals surface area contributed by atoms with Crippen molar-refractivity contribution in [2.45, 2.75) is 24.9 Å². The number of rotatable bonds is 4. The third kappa shape index (κ3) is 3.23. The number of hydrogen-bond acceptors (Lipinski definition) is 3. The minimum absolute atomic E-state index is 0.597. The van der Waals surface area contributed by atoms with E-state index in [1.54, 1.807) is 0 Å². The molecule has 0 spiro atoms. The minimum atomic E-state index is -1.16. The van der Waals surface area contributed by atoms with Crippen molar-refractivity contribution in [1.29, 1.82) is 0 Å². The molecule has 0 radical (unpaired) electrons. The summed E-state index contributed by atoms with van der Waals surface area (Å²) in [4.78, 5) is 22.0. The Morgan fingerprint density at radius 1 is 1.21 bits per heavy atom. The van der Waals surface area contributed by atoms with E-state index < -0.39 is 17.5 Å². The van der Waals surface area contributed by atoms with Crippen molar-refractivity contribution in [3.8, 4) is 0 Å². The average Bonchev–Trinajstić information content (AvgIpc) is 2.32. The third-order valence-corrected chi connectivity index (χ3v) is 3.72. The number of esters is 1. The number of benzene rings is 1. The summed E-state index contributed by atoms with van der Waals surface area (Å²) in [7, 11) is 0. The van der Waals surface area contributed by atoms with Gasteiger partial charge in [0.2, 0.25) is 0 Å². The van der Waals surface area contributed by atoms with Crippen LogP contribution in [0.1, 0.15) is 24.8 Å². The van der Waals surface area contributed by atoms with Crippen molar-refractivity contribution in [1.82, 2.24) is 0 Å². The molecule has 0 heterocycles. The first-order valence-electron chi connectivity index (χ1n) is 5.92. The topological polar surface area (TPSA) is 63.6 Å². The molecule has 1 fully saturated rings. The third-order valence-electron chi connectivity index (χ3n) is 3.19. The van der Waals surface area contributed by atoms with Crippen LogP contribution in [0.15, 0.2) is 40.9 Å². The summed E-state index contributed by atoms with van der Waals surface area (Å²) in [6, 6.07) is 7.63. The van der Waals surface area contributed by atoms with Crippen molar-refractivity contribution in [2.24, 2.45) is 0 Å². The first-order chi connectivity index (χ1) is 9.02. The lowest BCUT2D eigenvalue weighted by atomic mass is 9.75. The number of carbonyl (C=O) groups excluding carboxylic acids is 1. The second kappa shape index (κ2) is 5.57. The van der Waals surface area contributed by atoms with E-state index in [1.165, 1.54) is 0 Å². The molecule has 1 saturated carbocycles. The Hall–Kier alpha value is -1.62. The Bertz CT molecular complexity index is 515. The van der Waals surface area contributed by atoms with Gasteiger partial charge in [0.05, 0.1) is 0 Å². The summed E-state index contributed by atoms with van der Waals surface area (Å²) in [5, 5.41) is 8.48. The number of carbonyl (C=O) groups is 2. The summed E-state index contributed by atoms with van der Waals surface area (Å²) < 4.78 is 6.41. The molecular weight excluding hydrogens is 312 g/mol. The van der Waals surface area contributed by atoms with E-state index in [9.17, 15) is 9.59 Å². The smallest absolute Gasteiger partial charge is 0.331 e. The van der Waals surface area contributed by atoms with Gasteiger partial charge in [-0.05, 0) is 37.0 Å². The molecule has 1 aliphatic carbocycles. The second-order valence-electron chi connectivity index (χ2n) is 4.45. The van der Waals surface area contributed by atoms with Crippen LogP contribution in [0, 0.1) is 0 Å². The van der Waals surface area contributed by atoms with Crippen LogP contribution in [0.3, 0.4) is 0 Å². The van der Waals surface area contributed by atoms with E-state index in [0.717, 1.165) is 41.5 Å². The first-order valence-corrected chi connectivity index (χ1v) is 6.71. The van der Waals surface area contributed by atoms with Crippen LogP contribution >= 0.6 is 15.9 Å². The van der Waals surface area contributed by atoms with Crippen LogP contribution in [0.2, 0.25) is 0 Å². The molecule has 0 atom stereocenters. The number of carboxylic acid groups (broad SMARTS) is 1. The van der Waals surface area contributed by atoms with Crippen LogP contribution < -0.4 is 0 Å². The molecule has 0 saturated heterocycles. The van der Waals surface area contributed by atoms with Crippen LogP contribution in [0.4, 0.5) is 0 Å². The molecule has 1 aromatic carbocycles. The van der Waals surface area contributed by atoms with Gasteiger partial charge in [0.25, 0.3) is 0 Å². The Morgan fingerprint density at radius 3 is 2.32 bits per heavy atom. The van der Waals surface area contributed by atoms with E-state index in [2.05, 4.69) is 15.9 Å². The fourth-order valence-corrected chi connectivity index (χ4v) is 2.33. The number of aliphatic carboxylic acids is 1. The van der Waals surface area contributed by atoms with Gasteiger partial charge in [0.1, 0.15) is 5.60 Å². The van der Waals surface area contributed by atoms with Crippen molar-refractivity contribution in [2.75, 3.05) is 0 Å². The zero-order chi connectivity index (χ0) is 13.9. The lowest BCUT2D eigenvalue weighted by Crippen LogP contribution is -2.38. The zero-order valence-electron chi connectivity index (χ0n) is 10.1. The predicted molar refractivity (Wildman–Crippen MR) is 72.5 cm³/mol. The van der Waals surface area contributed by atoms with Gasteiger partial charge >= 0.3 is 11.9 Å². The molecule has 0 aliphatic heterocycles. The summed E-state index contributed by atoms with van der Waals surface area (Å²) in [6.07, 6.45) is 4.26. The molecule has 0 bridgehead atoms. The fourth-order valence-electron chi connectivity index (χ4n) is 2.07. The standard InChI is InChI=1S/C14H13BrO4/c15-11-4-2-10(3-5-11)14(8-1-9-14)19-13(18)7-6-12(16)17/h2-7H,1,8-9H2,(H,16,17)/b7-6+. The lowest BCUT2D eigenvalue weighted by Gasteiger charge is -2.41. The molecule has 19 heavy (non-hydrogen) atoms. The molecule has 2 rings (SSSR count). The van der Waals surface area contributed by atoms with Gasteiger partial charge in [-0.25, -0.2) is 9.59 Å². The summed E-state index contributed by atoms with van der Waals surface area (Å²) in [5.74, 6) is -1.78. The maximum atomic E-state index is 11.6. The van der Waals surface area contributed by atoms with Crippen LogP contribution in [0.5, 0.6) is 0 Å². The van der Waals surface area contributed by atoms with E-state index in [1.807, 2.05) is 24.3 Å². The Labute approximate surface area is 119 Å². The van der Waals surface area contributed by atoms with Gasteiger partial charge in [-0.1, -0.05) is 28.1 Å². The highest BCUT2D eigenvalue weighted by molar-refractivity contribution is 9.10. The lowest BCUT2D eigenvalue weighted by molar-refractivity contribution is -0.165. The molecule has 4 nitrogen and oxygen atoms in total. The fraction of sp³-hybridized carbons (Fsp3) is 0.286. The van der Waals surface area contributed by atoms with E-state index >= 15 is 0 Å². The predicted octanol–water partition coefficient (Wildman–Crippen LogP) is 3.01. The highest BCUT2D eigenvalue weighted by atomic mass is 79.9. The normalized spacial score (nSPS) is 16.9. The SMILES string of the molecule is O=C(O)/C=C/C(=O)OC1(c2ccc(Br)cc2)CCC1. The van der Waals surface area contributed by atoms with E-state index in [-0.39, 0.29) is 0 Å². The van der Waals surface area contributed by atoms with Crippen molar-refractivity contribution < 1.29 is 19.4 Å². The Balaban J connectivity index is 2.13. The van der Waals surface area contributed by atoms with Gasteiger partial charge in [-0.15, -0.1) is 0 Å². The summed E-state index contributed by atoms with van der Waals surface area (Å²) in [5.41, 5.74) is 0.347. The largest absolute Gasteiger partial charge is 0.478 e. The van der Waals surface area contributed by atoms with Gasteiger partial charge in [-0.3, -0.25) is 0 Å². The summed E-state index contributed by atoms with van der Waals surface area (Å²) in [6.45, 7) is 0. The summed E-state index contributed by atoms with van der Waals surface area (Å²) >= 11 is 3.36. The molecular formula is C14H13BrO4. The van der Waals surface area contributed by atoms with E-state index in [4.69, 9.17) is 9.84 Å². The van der Waals surface area contributed by atoms with Gasteiger partial charge < -0.3 is 9.84 Å². The van der Waals surface area contributed by atoms with Gasteiger partial charge in [0, 0.05) is 16.6 Å². The highest BCUT2D eigenvalue weighted by Crippen LogP contribution is 2.45. The quantitative estimate of drug-likeness (QED) is 0.683. The maximum Gasteiger partial charge on any atom is 0.331 e. The molecule has 1 aliphatic rings. The molecule has 0 unspecified atom stereocenters. The highest BCUT2D eigenvalue weighted by Gasteiger charge is 2.42. The molecule has 1 N–H and O–H groups in total. The monoisotopic (exact) mass is 324 g/mol. The molecule has 100 valence electrons. The number of halogens is 1. The molecule has 0 amide bonds. The number of ether oxygens (including phenoxy) is 1. The van der Waals surface area contributed by atoms with E-state index in [0.29, 0.717) is 0 Å². The van der Waals surface area contributed by atoms with Crippen LogP contribution in [-0.2, 0) is 19.9 Å². The zero-order valence-corrected chi connectivity index (χ0v) is 11.7. The van der Waals surface area contributed by atoms with Crippen molar-refractivity contribution in [3.05, 3.63) is 46.5 Å². The second-order valence-corrected chi connectivity index (χ2v) is 5.36. The molecule has 5 heteroatoms. The van der Waals surface area contributed by atoms with Crippen molar-refractivity contribution >= 4 is 27.9 Å². The average molecular weight is 325 g/mol. The number of hydrogen-bond donors (Lipinski definition) is 1. The Kier molecular flexibility index (Phi) is 4.04.